The van der Waals surface area contributed by atoms with Gasteiger partial charge in [0.05, 0.1) is 11.2 Å². The largest absolute Gasteiger partial charge is 0.495 e. The quantitative estimate of drug-likeness (QED) is 0.200. The Kier molecular flexibility index (Phi) is 6.68. The third kappa shape index (κ3) is 5.03. The fourth-order valence-electron chi connectivity index (χ4n) is 5.49. The summed E-state index contributed by atoms with van der Waals surface area (Å²) in [5.74, 6) is 1.94. The molecule has 43 heavy (non-hydrogen) atoms. The number of rotatable bonds is 5. The lowest BCUT2D eigenvalue weighted by Gasteiger charge is -2.32. The maximum atomic E-state index is 6.41. The topological polar surface area (TPSA) is 57.1 Å². The van der Waals surface area contributed by atoms with E-state index in [1.165, 1.54) is 0 Å². The Balaban J connectivity index is 1.27. The number of hydrogen-bond acceptors (Lipinski definition) is 5. The number of hydrogen-bond donors (Lipinski definition) is 0. The number of aromatic nitrogens is 3. The number of benzene rings is 5. The smallest absolute Gasteiger partial charge is 0.399 e. The zero-order valence-corrected chi connectivity index (χ0v) is 24.8. The van der Waals surface area contributed by atoms with E-state index in [1.807, 2.05) is 60.7 Å². The van der Waals surface area contributed by atoms with Crippen molar-refractivity contribution in [2.45, 2.75) is 38.9 Å². The molecule has 0 unspecified atom stereocenters. The summed E-state index contributed by atoms with van der Waals surface area (Å²) in [4.78, 5) is 14.6. The van der Waals surface area contributed by atoms with E-state index in [2.05, 4.69) is 88.4 Å². The second-order valence-electron chi connectivity index (χ2n) is 12.0. The lowest BCUT2D eigenvalue weighted by molar-refractivity contribution is 0.00578. The van der Waals surface area contributed by atoms with Crippen molar-refractivity contribution in [3.8, 4) is 45.3 Å². The standard InChI is InChI=1S/C37H32BN3O2/c1-36(2)37(3,4)43-38(42-36)32-24-23-29(30-17-11-12-18-31(30)32)25-19-21-28(22-20-25)35-40-33(26-13-7-5-8-14-26)39-34(41-35)27-15-9-6-10-16-27/h5-24H,1-4H3. The molecule has 7 rings (SSSR count). The minimum Gasteiger partial charge on any atom is -0.399 e. The van der Waals surface area contributed by atoms with Gasteiger partial charge in [0.15, 0.2) is 17.5 Å². The zero-order chi connectivity index (χ0) is 29.6. The fourth-order valence-corrected chi connectivity index (χ4v) is 5.49. The third-order valence-electron chi connectivity index (χ3n) is 8.62. The molecule has 0 amide bonds. The molecule has 1 aromatic heterocycles. The normalized spacial score (nSPS) is 15.6. The maximum Gasteiger partial charge on any atom is 0.495 e. The molecule has 1 saturated heterocycles. The lowest BCUT2D eigenvalue weighted by Crippen LogP contribution is -2.41. The van der Waals surface area contributed by atoms with Crippen molar-refractivity contribution in [1.82, 2.24) is 15.0 Å². The Labute approximate surface area is 252 Å². The SMILES string of the molecule is CC1(C)OB(c2ccc(-c3ccc(-c4nc(-c5ccccc5)nc(-c5ccccc5)n4)cc3)c3ccccc23)OC1(C)C. The highest BCUT2D eigenvalue weighted by Gasteiger charge is 2.52. The molecule has 2 heterocycles. The lowest BCUT2D eigenvalue weighted by atomic mass is 9.75. The molecule has 1 aliphatic rings. The first-order valence-electron chi connectivity index (χ1n) is 14.6. The van der Waals surface area contributed by atoms with Crippen LogP contribution < -0.4 is 5.46 Å². The predicted molar refractivity (Wildman–Crippen MR) is 175 cm³/mol. The Morgan fingerprint density at radius 3 is 1.37 bits per heavy atom. The van der Waals surface area contributed by atoms with Gasteiger partial charge in [-0.25, -0.2) is 15.0 Å². The molecule has 0 atom stereocenters. The molecule has 5 nitrogen and oxygen atoms in total. The minimum atomic E-state index is -0.423. The van der Waals surface area contributed by atoms with E-state index in [1.54, 1.807) is 0 Å². The summed E-state index contributed by atoms with van der Waals surface area (Å²) in [7, 11) is -0.423. The van der Waals surface area contributed by atoms with Crippen molar-refractivity contribution in [2.75, 3.05) is 0 Å². The van der Waals surface area contributed by atoms with Crippen molar-refractivity contribution in [1.29, 1.82) is 0 Å². The molecule has 210 valence electrons. The minimum absolute atomic E-state index is 0.400. The first-order valence-corrected chi connectivity index (χ1v) is 14.6. The molecule has 0 saturated carbocycles. The summed E-state index contributed by atoms with van der Waals surface area (Å²) in [5.41, 5.74) is 5.34. The molecule has 0 aliphatic carbocycles. The van der Waals surface area contributed by atoms with E-state index >= 15 is 0 Å². The fraction of sp³-hybridized carbons (Fsp3) is 0.162. The van der Waals surface area contributed by atoms with Crippen molar-refractivity contribution in [3.05, 3.63) is 121 Å². The van der Waals surface area contributed by atoms with Crippen LogP contribution in [-0.2, 0) is 9.31 Å². The van der Waals surface area contributed by atoms with Gasteiger partial charge in [-0.05, 0) is 55.1 Å². The van der Waals surface area contributed by atoms with Gasteiger partial charge in [-0.3, -0.25) is 0 Å². The summed E-state index contributed by atoms with van der Waals surface area (Å²) in [6.45, 7) is 8.35. The van der Waals surface area contributed by atoms with E-state index in [4.69, 9.17) is 24.3 Å². The van der Waals surface area contributed by atoms with Gasteiger partial charge in [0.2, 0.25) is 0 Å². The molecule has 0 spiro atoms. The van der Waals surface area contributed by atoms with Gasteiger partial charge in [0, 0.05) is 16.7 Å². The van der Waals surface area contributed by atoms with Gasteiger partial charge in [0.25, 0.3) is 0 Å². The van der Waals surface area contributed by atoms with Crippen LogP contribution in [0.3, 0.4) is 0 Å². The molecule has 0 radical (unpaired) electrons. The maximum absolute atomic E-state index is 6.41. The van der Waals surface area contributed by atoms with E-state index in [0.29, 0.717) is 17.5 Å². The predicted octanol–water partition coefficient (Wildman–Crippen LogP) is 7.99. The van der Waals surface area contributed by atoms with Crippen molar-refractivity contribution in [3.63, 3.8) is 0 Å². The van der Waals surface area contributed by atoms with E-state index in [9.17, 15) is 0 Å². The van der Waals surface area contributed by atoms with Crippen LogP contribution >= 0.6 is 0 Å². The van der Waals surface area contributed by atoms with Gasteiger partial charge in [-0.1, -0.05) is 121 Å². The van der Waals surface area contributed by atoms with Gasteiger partial charge < -0.3 is 9.31 Å². The molecule has 6 aromatic rings. The Morgan fingerprint density at radius 1 is 0.442 bits per heavy atom. The summed E-state index contributed by atoms with van der Waals surface area (Å²) in [6, 6.07) is 41.3. The van der Waals surface area contributed by atoms with Crippen LogP contribution in [0.4, 0.5) is 0 Å². The van der Waals surface area contributed by atoms with Crippen molar-refractivity contribution < 1.29 is 9.31 Å². The number of nitrogens with zero attached hydrogens (tertiary/aromatic N) is 3. The van der Waals surface area contributed by atoms with Gasteiger partial charge >= 0.3 is 7.12 Å². The van der Waals surface area contributed by atoms with Crippen LogP contribution in [-0.4, -0.2) is 33.3 Å². The molecular weight excluding hydrogens is 529 g/mol. The molecule has 0 N–H and O–H groups in total. The van der Waals surface area contributed by atoms with E-state index in [0.717, 1.165) is 44.1 Å². The van der Waals surface area contributed by atoms with Gasteiger partial charge in [0.1, 0.15) is 0 Å². The number of fused-ring (bicyclic) bond motifs is 1. The van der Waals surface area contributed by atoms with Crippen LogP contribution in [0, 0.1) is 0 Å². The highest BCUT2D eigenvalue weighted by atomic mass is 16.7. The Hall–Kier alpha value is -4.65. The monoisotopic (exact) mass is 561 g/mol. The average molecular weight is 561 g/mol. The van der Waals surface area contributed by atoms with Crippen LogP contribution in [0.5, 0.6) is 0 Å². The first-order chi connectivity index (χ1) is 20.8. The highest BCUT2D eigenvalue weighted by molar-refractivity contribution is 6.65. The summed E-state index contributed by atoms with van der Waals surface area (Å²) in [6.07, 6.45) is 0. The molecule has 5 aromatic carbocycles. The second-order valence-corrected chi connectivity index (χ2v) is 12.0. The molecule has 1 aliphatic heterocycles. The summed E-state index contributed by atoms with van der Waals surface area (Å²) in [5, 5.41) is 2.28. The van der Waals surface area contributed by atoms with Gasteiger partial charge in [-0.2, -0.15) is 0 Å². The molecular formula is C37H32BN3O2. The molecule has 6 heteroatoms. The van der Waals surface area contributed by atoms with Crippen LogP contribution in [0.15, 0.2) is 121 Å². The Morgan fingerprint density at radius 2 is 0.860 bits per heavy atom. The van der Waals surface area contributed by atoms with Crippen LogP contribution in [0.1, 0.15) is 27.7 Å². The highest BCUT2D eigenvalue weighted by Crippen LogP contribution is 2.38. The van der Waals surface area contributed by atoms with Gasteiger partial charge in [-0.15, -0.1) is 0 Å². The second kappa shape index (κ2) is 10.6. The van der Waals surface area contributed by atoms with Crippen molar-refractivity contribution >= 4 is 23.4 Å². The zero-order valence-electron chi connectivity index (χ0n) is 24.8. The van der Waals surface area contributed by atoms with E-state index in [-0.39, 0.29) is 0 Å². The molecule has 0 bridgehead atoms. The van der Waals surface area contributed by atoms with Crippen molar-refractivity contribution in [2.24, 2.45) is 0 Å². The summed E-state index contributed by atoms with van der Waals surface area (Å²) < 4.78 is 12.8. The van der Waals surface area contributed by atoms with Crippen LogP contribution in [0.25, 0.3) is 56.1 Å². The summed E-state index contributed by atoms with van der Waals surface area (Å²) >= 11 is 0. The third-order valence-corrected chi connectivity index (χ3v) is 8.62. The van der Waals surface area contributed by atoms with Crippen LogP contribution in [0.2, 0.25) is 0 Å². The Bertz CT molecular complexity index is 1850. The average Bonchev–Trinajstić information content (AvgIpc) is 3.27. The first kappa shape index (κ1) is 27.2. The molecule has 1 fully saturated rings. The van der Waals surface area contributed by atoms with E-state index < -0.39 is 18.3 Å².